The van der Waals surface area contributed by atoms with Gasteiger partial charge in [0.2, 0.25) is 5.91 Å². The maximum absolute atomic E-state index is 12.1. The molecule has 112 valence electrons. The van der Waals surface area contributed by atoms with E-state index < -0.39 is 0 Å². The fourth-order valence-corrected chi connectivity index (χ4v) is 2.29. The van der Waals surface area contributed by atoms with Crippen LogP contribution in [0.25, 0.3) is 0 Å². The number of aryl methyl sites for hydroxylation is 1. The lowest BCUT2D eigenvalue weighted by molar-refractivity contribution is -0.130. The lowest BCUT2D eigenvalue weighted by atomic mass is 10.1. The van der Waals surface area contributed by atoms with Gasteiger partial charge in [-0.2, -0.15) is 0 Å². The van der Waals surface area contributed by atoms with E-state index in [2.05, 4.69) is 9.97 Å². The van der Waals surface area contributed by atoms with E-state index in [1.165, 1.54) is 0 Å². The summed E-state index contributed by atoms with van der Waals surface area (Å²) in [5, 5.41) is 0.561. The molecule has 21 heavy (non-hydrogen) atoms. The van der Waals surface area contributed by atoms with E-state index in [-0.39, 0.29) is 5.91 Å². The molecule has 1 amide bonds. The second kappa shape index (κ2) is 7.13. The van der Waals surface area contributed by atoms with Gasteiger partial charge in [-0.05, 0) is 24.1 Å². The molecule has 0 aliphatic rings. The van der Waals surface area contributed by atoms with Crippen LogP contribution < -0.4 is 4.74 Å². The smallest absolute Gasteiger partial charge is 0.223 e. The highest BCUT2D eigenvalue weighted by Gasteiger charge is 2.11. The number of ether oxygens (including phenoxy) is 1. The number of H-pyrrole nitrogens is 1. The molecule has 0 atom stereocenters. The van der Waals surface area contributed by atoms with Gasteiger partial charge in [-0.15, -0.1) is 0 Å². The summed E-state index contributed by atoms with van der Waals surface area (Å²) in [5.41, 5.74) is 1.01. The average Bonchev–Trinajstić information content (AvgIpc) is 2.97. The largest absolute Gasteiger partial charge is 0.495 e. The van der Waals surface area contributed by atoms with Crippen molar-refractivity contribution < 1.29 is 9.53 Å². The minimum Gasteiger partial charge on any atom is -0.495 e. The van der Waals surface area contributed by atoms with Crippen LogP contribution in [0.1, 0.15) is 17.8 Å². The monoisotopic (exact) mass is 307 g/mol. The van der Waals surface area contributed by atoms with Gasteiger partial charge in [0, 0.05) is 25.9 Å². The molecule has 0 spiro atoms. The Hall–Kier alpha value is -2.01. The summed E-state index contributed by atoms with van der Waals surface area (Å²) in [6.45, 7) is 0.481. The summed E-state index contributed by atoms with van der Waals surface area (Å²) in [4.78, 5) is 20.8. The molecule has 0 unspecified atom stereocenters. The Morgan fingerprint density at radius 1 is 1.48 bits per heavy atom. The summed E-state index contributed by atoms with van der Waals surface area (Å²) in [5.74, 6) is 1.48. The first-order valence-electron chi connectivity index (χ1n) is 6.65. The predicted octanol–water partition coefficient (Wildman–Crippen LogP) is 2.66. The number of hydrogen-bond acceptors (Lipinski definition) is 3. The number of methoxy groups -OCH3 is 1. The molecule has 2 aromatic rings. The van der Waals surface area contributed by atoms with Crippen LogP contribution in [0.5, 0.6) is 5.75 Å². The molecule has 1 aromatic heterocycles. The fourth-order valence-electron chi connectivity index (χ4n) is 2.00. The lowest BCUT2D eigenvalue weighted by Crippen LogP contribution is -2.26. The average molecular weight is 308 g/mol. The number of aromatic amines is 1. The molecule has 0 radical (unpaired) electrons. The molecule has 0 aliphatic heterocycles. The standard InChI is InChI=1S/C15H18ClN3O2/c1-19(10-14-17-7-8-18-14)15(20)6-4-11-3-5-13(21-2)12(16)9-11/h3,5,7-9H,4,6,10H2,1-2H3,(H,17,18). The van der Waals surface area contributed by atoms with E-state index in [9.17, 15) is 4.79 Å². The molecule has 6 heteroatoms. The first kappa shape index (κ1) is 15.4. The van der Waals surface area contributed by atoms with Crippen LogP contribution in [-0.2, 0) is 17.8 Å². The Morgan fingerprint density at radius 2 is 2.29 bits per heavy atom. The Balaban J connectivity index is 1.87. The van der Waals surface area contributed by atoms with Gasteiger partial charge in [-0.3, -0.25) is 4.79 Å². The summed E-state index contributed by atoms with van der Waals surface area (Å²) >= 11 is 6.07. The van der Waals surface area contributed by atoms with Gasteiger partial charge in [0.25, 0.3) is 0 Å². The number of nitrogens with one attached hydrogen (secondary N) is 1. The Morgan fingerprint density at radius 3 is 2.90 bits per heavy atom. The normalized spacial score (nSPS) is 10.4. The van der Waals surface area contributed by atoms with Crippen LogP contribution in [0.15, 0.2) is 30.6 Å². The molecule has 0 aliphatic carbocycles. The molecule has 1 aromatic carbocycles. The van der Waals surface area contributed by atoms with Crippen molar-refractivity contribution in [1.29, 1.82) is 0 Å². The number of amides is 1. The summed E-state index contributed by atoms with van der Waals surface area (Å²) < 4.78 is 5.10. The van der Waals surface area contributed by atoms with Gasteiger partial charge in [-0.25, -0.2) is 4.98 Å². The van der Waals surface area contributed by atoms with Crippen molar-refractivity contribution >= 4 is 17.5 Å². The minimum absolute atomic E-state index is 0.0679. The minimum atomic E-state index is 0.0679. The van der Waals surface area contributed by atoms with Crippen molar-refractivity contribution in [3.8, 4) is 5.75 Å². The number of carbonyl (C=O) groups excluding carboxylic acids is 1. The highest BCUT2D eigenvalue weighted by Crippen LogP contribution is 2.25. The Labute approximate surface area is 128 Å². The number of nitrogens with zero attached hydrogens (tertiary/aromatic N) is 2. The van der Waals surface area contributed by atoms with Crippen molar-refractivity contribution in [3.63, 3.8) is 0 Å². The summed E-state index contributed by atoms with van der Waals surface area (Å²) in [6.07, 6.45) is 4.49. The Kier molecular flexibility index (Phi) is 5.22. The van der Waals surface area contributed by atoms with Crippen LogP contribution in [-0.4, -0.2) is 34.9 Å². The van der Waals surface area contributed by atoms with Gasteiger partial charge < -0.3 is 14.6 Å². The SMILES string of the molecule is COc1ccc(CCC(=O)N(C)Cc2ncc[nH]2)cc1Cl. The van der Waals surface area contributed by atoms with Gasteiger partial charge in [0.1, 0.15) is 11.6 Å². The third-order valence-electron chi connectivity index (χ3n) is 3.21. The number of aromatic nitrogens is 2. The van der Waals surface area contributed by atoms with Gasteiger partial charge in [0.15, 0.2) is 0 Å². The van der Waals surface area contributed by atoms with Gasteiger partial charge in [-0.1, -0.05) is 17.7 Å². The second-order valence-corrected chi connectivity index (χ2v) is 5.16. The highest BCUT2D eigenvalue weighted by molar-refractivity contribution is 6.32. The van der Waals surface area contributed by atoms with Crippen molar-refractivity contribution in [2.24, 2.45) is 0 Å². The number of hydrogen-bond donors (Lipinski definition) is 1. The quantitative estimate of drug-likeness (QED) is 0.892. The molecule has 2 rings (SSSR count). The number of halogens is 1. The molecule has 0 bridgehead atoms. The molecule has 5 nitrogen and oxygen atoms in total. The third kappa shape index (κ3) is 4.23. The predicted molar refractivity (Wildman–Crippen MR) is 81.4 cm³/mol. The van der Waals surface area contributed by atoms with Crippen LogP contribution in [0.3, 0.4) is 0 Å². The molecule has 1 heterocycles. The molecule has 1 N–H and O–H groups in total. The molecule has 0 saturated heterocycles. The summed E-state index contributed by atoms with van der Waals surface area (Å²) in [7, 11) is 3.35. The third-order valence-corrected chi connectivity index (χ3v) is 3.51. The van der Waals surface area contributed by atoms with E-state index in [0.717, 1.165) is 11.4 Å². The molecular formula is C15H18ClN3O2. The molecular weight excluding hydrogens is 290 g/mol. The van der Waals surface area contributed by atoms with Gasteiger partial charge in [0.05, 0.1) is 18.7 Å². The molecule has 0 fully saturated rings. The number of carbonyl (C=O) groups is 1. The van der Waals surface area contributed by atoms with Crippen molar-refractivity contribution in [2.75, 3.05) is 14.2 Å². The topological polar surface area (TPSA) is 58.2 Å². The van der Waals surface area contributed by atoms with Crippen molar-refractivity contribution in [2.45, 2.75) is 19.4 Å². The van der Waals surface area contributed by atoms with E-state index in [0.29, 0.717) is 30.2 Å². The Bertz CT molecular complexity index is 599. The van der Waals surface area contributed by atoms with E-state index in [4.69, 9.17) is 16.3 Å². The van der Waals surface area contributed by atoms with E-state index in [1.807, 2.05) is 18.2 Å². The summed E-state index contributed by atoms with van der Waals surface area (Å²) in [6, 6.07) is 5.57. The second-order valence-electron chi connectivity index (χ2n) is 4.75. The highest BCUT2D eigenvalue weighted by atomic mass is 35.5. The van der Waals surface area contributed by atoms with Gasteiger partial charge >= 0.3 is 0 Å². The first-order chi connectivity index (χ1) is 10.1. The first-order valence-corrected chi connectivity index (χ1v) is 7.02. The zero-order valence-electron chi connectivity index (χ0n) is 12.1. The zero-order chi connectivity index (χ0) is 15.2. The van der Waals surface area contributed by atoms with Crippen LogP contribution in [0, 0.1) is 0 Å². The lowest BCUT2D eigenvalue weighted by Gasteiger charge is -2.15. The number of benzene rings is 1. The van der Waals surface area contributed by atoms with Crippen LogP contribution in [0.4, 0.5) is 0 Å². The van der Waals surface area contributed by atoms with Crippen molar-refractivity contribution in [1.82, 2.24) is 14.9 Å². The maximum Gasteiger partial charge on any atom is 0.223 e. The van der Waals surface area contributed by atoms with Crippen LogP contribution in [0.2, 0.25) is 5.02 Å². The molecule has 0 saturated carbocycles. The fraction of sp³-hybridized carbons (Fsp3) is 0.333. The van der Waals surface area contributed by atoms with Crippen molar-refractivity contribution in [3.05, 3.63) is 47.0 Å². The number of imidazole rings is 1. The van der Waals surface area contributed by atoms with E-state index >= 15 is 0 Å². The van der Waals surface area contributed by atoms with E-state index in [1.54, 1.807) is 31.5 Å². The maximum atomic E-state index is 12.1. The number of rotatable bonds is 6. The van der Waals surface area contributed by atoms with Crippen LogP contribution >= 0.6 is 11.6 Å². The zero-order valence-corrected chi connectivity index (χ0v) is 12.9.